The van der Waals surface area contributed by atoms with E-state index in [9.17, 15) is 4.39 Å². The first-order chi connectivity index (χ1) is 11.8. The zero-order chi connectivity index (χ0) is 16.4. The minimum absolute atomic E-state index is 0.236. The molecule has 3 aromatic heterocycles. The number of pyridine rings is 2. The van der Waals surface area contributed by atoms with E-state index in [0.29, 0.717) is 11.4 Å². The zero-order valence-corrected chi connectivity index (χ0v) is 12.3. The molecular weight excluding hydrogens is 311 g/mol. The molecule has 0 aliphatic heterocycles. The third-order valence-electron chi connectivity index (χ3n) is 3.45. The molecule has 6 nitrogen and oxygen atoms in total. The molecule has 0 amide bonds. The molecule has 0 bridgehead atoms. The average molecular weight is 322 g/mol. The van der Waals surface area contributed by atoms with Gasteiger partial charge in [0.15, 0.2) is 6.33 Å². The van der Waals surface area contributed by atoms with Gasteiger partial charge in [-0.3, -0.25) is 9.97 Å². The molecular formula is C17H11FN4O2. The predicted octanol–water partition coefficient (Wildman–Crippen LogP) is 3.32. The lowest BCUT2D eigenvalue weighted by atomic mass is 10.2. The summed E-state index contributed by atoms with van der Waals surface area (Å²) in [5.41, 5.74) is 1.33. The van der Waals surface area contributed by atoms with Crippen LogP contribution in [0.3, 0.4) is 0 Å². The minimum Gasteiger partial charge on any atom is -0.474 e. The lowest BCUT2D eigenvalue weighted by molar-refractivity contribution is 0.189. The van der Waals surface area contributed by atoms with Crippen LogP contribution in [0.25, 0.3) is 10.9 Å². The normalized spacial score (nSPS) is 12.2. The van der Waals surface area contributed by atoms with Crippen LogP contribution < -0.4 is 4.74 Å². The quantitative estimate of drug-likeness (QED) is 0.574. The van der Waals surface area contributed by atoms with E-state index in [4.69, 9.17) is 9.26 Å². The van der Waals surface area contributed by atoms with E-state index in [0.717, 1.165) is 17.1 Å². The van der Waals surface area contributed by atoms with E-state index in [1.807, 2.05) is 24.3 Å². The number of halogens is 1. The highest BCUT2D eigenvalue weighted by atomic mass is 19.1. The van der Waals surface area contributed by atoms with Gasteiger partial charge < -0.3 is 9.26 Å². The smallest absolute Gasteiger partial charge is 0.273 e. The van der Waals surface area contributed by atoms with Crippen LogP contribution in [-0.4, -0.2) is 20.1 Å². The van der Waals surface area contributed by atoms with E-state index in [2.05, 4.69) is 20.1 Å². The van der Waals surface area contributed by atoms with Crippen LogP contribution in [0.15, 0.2) is 65.7 Å². The van der Waals surface area contributed by atoms with Crippen molar-refractivity contribution >= 4 is 10.9 Å². The Hall–Kier alpha value is -3.35. The Bertz CT molecular complexity index is 958. The summed E-state index contributed by atoms with van der Waals surface area (Å²) >= 11 is 0. The molecule has 7 heteroatoms. The molecule has 0 spiro atoms. The Labute approximate surface area is 135 Å². The number of ether oxygens (including phenoxy) is 1. The third kappa shape index (κ3) is 2.79. The fourth-order valence-electron chi connectivity index (χ4n) is 2.34. The molecule has 1 aromatic carbocycles. The summed E-state index contributed by atoms with van der Waals surface area (Å²) in [6, 6.07) is 12.1. The molecule has 0 saturated heterocycles. The van der Waals surface area contributed by atoms with Gasteiger partial charge in [0.25, 0.3) is 5.89 Å². The highest BCUT2D eigenvalue weighted by molar-refractivity contribution is 5.79. The van der Waals surface area contributed by atoms with Gasteiger partial charge in [0.05, 0.1) is 17.4 Å². The fraction of sp³-hybridized carbons (Fsp3) is 0.0588. The first kappa shape index (κ1) is 14.3. The first-order valence-corrected chi connectivity index (χ1v) is 7.19. The van der Waals surface area contributed by atoms with E-state index >= 15 is 0 Å². The van der Waals surface area contributed by atoms with Gasteiger partial charge in [-0.15, -0.1) is 0 Å². The van der Waals surface area contributed by atoms with Gasteiger partial charge in [0.1, 0.15) is 11.6 Å². The summed E-state index contributed by atoms with van der Waals surface area (Å²) < 4.78 is 24.2. The van der Waals surface area contributed by atoms with Gasteiger partial charge in [-0.1, -0.05) is 11.2 Å². The number of fused-ring (bicyclic) bond motifs is 1. The van der Waals surface area contributed by atoms with Gasteiger partial charge in [-0.05, 0) is 36.4 Å². The summed E-state index contributed by atoms with van der Waals surface area (Å²) in [5, 5.41) is 4.54. The molecule has 4 aromatic rings. The third-order valence-corrected chi connectivity index (χ3v) is 3.45. The van der Waals surface area contributed by atoms with Crippen molar-refractivity contribution in [3.63, 3.8) is 0 Å². The van der Waals surface area contributed by atoms with Crippen molar-refractivity contribution in [2.75, 3.05) is 0 Å². The summed E-state index contributed by atoms with van der Waals surface area (Å²) in [6.07, 6.45) is 3.39. The Morgan fingerprint density at radius 3 is 2.79 bits per heavy atom. The molecule has 0 aliphatic carbocycles. The minimum atomic E-state index is -0.734. The maximum absolute atomic E-state index is 13.1. The molecule has 0 N–H and O–H groups in total. The summed E-state index contributed by atoms with van der Waals surface area (Å²) in [5.74, 6) is 0.394. The second-order valence-electron chi connectivity index (χ2n) is 5.04. The van der Waals surface area contributed by atoms with Gasteiger partial charge in [0, 0.05) is 11.6 Å². The number of aromatic nitrogens is 4. The monoisotopic (exact) mass is 322 g/mol. The van der Waals surface area contributed by atoms with Crippen LogP contribution >= 0.6 is 0 Å². The highest BCUT2D eigenvalue weighted by Crippen LogP contribution is 2.28. The van der Waals surface area contributed by atoms with E-state index in [1.165, 1.54) is 18.5 Å². The fourth-order valence-corrected chi connectivity index (χ4v) is 2.34. The largest absolute Gasteiger partial charge is 0.474 e. The molecule has 1 atom stereocenters. The average Bonchev–Trinajstić information content (AvgIpc) is 3.15. The highest BCUT2D eigenvalue weighted by Gasteiger charge is 2.23. The van der Waals surface area contributed by atoms with Crippen molar-refractivity contribution in [1.82, 2.24) is 20.1 Å². The predicted molar refractivity (Wildman–Crippen MR) is 82.7 cm³/mol. The topological polar surface area (TPSA) is 73.9 Å². The van der Waals surface area contributed by atoms with Gasteiger partial charge >= 0.3 is 0 Å². The van der Waals surface area contributed by atoms with Crippen molar-refractivity contribution in [2.45, 2.75) is 6.10 Å². The first-order valence-electron chi connectivity index (χ1n) is 7.19. The molecule has 0 radical (unpaired) electrons. The molecule has 0 saturated carbocycles. The second kappa shape index (κ2) is 6.04. The standard InChI is InChI=1S/C17H11FN4O2/c18-12-3-5-15(20-9-12)16(17-21-10-22-24-17)23-13-4-6-14-11(8-13)2-1-7-19-14/h1-10,16H. The molecule has 4 rings (SSSR count). The Morgan fingerprint density at radius 1 is 1.04 bits per heavy atom. The van der Waals surface area contributed by atoms with E-state index in [-0.39, 0.29) is 5.89 Å². The molecule has 0 fully saturated rings. The van der Waals surface area contributed by atoms with Crippen molar-refractivity contribution in [1.29, 1.82) is 0 Å². The molecule has 24 heavy (non-hydrogen) atoms. The lowest BCUT2D eigenvalue weighted by Gasteiger charge is -2.15. The summed E-state index contributed by atoms with van der Waals surface area (Å²) in [6.45, 7) is 0. The van der Waals surface area contributed by atoms with Gasteiger partial charge in [0.2, 0.25) is 6.10 Å². The van der Waals surface area contributed by atoms with Crippen LogP contribution in [0.4, 0.5) is 4.39 Å². The van der Waals surface area contributed by atoms with Crippen LogP contribution in [0.2, 0.25) is 0 Å². The van der Waals surface area contributed by atoms with Crippen molar-refractivity contribution < 1.29 is 13.7 Å². The van der Waals surface area contributed by atoms with Crippen LogP contribution in [-0.2, 0) is 0 Å². The summed E-state index contributed by atoms with van der Waals surface area (Å²) in [4.78, 5) is 12.3. The Morgan fingerprint density at radius 2 is 2.00 bits per heavy atom. The number of hydrogen-bond acceptors (Lipinski definition) is 6. The maximum Gasteiger partial charge on any atom is 0.273 e. The van der Waals surface area contributed by atoms with Crippen LogP contribution in [0.1, 0.15) is 17.7 Å². The molecule has 1 unspecified atom stereocenters. The van der Waals surface area contributed by atoms with Crippen molar-refractivity contribution in [2.24, 2.45) is 0 Å². The zero-order valence-electron chi connectivity index (χ0n) is 12.3. The summed E-state index contributed by atoms with van der Waals surface area (Å²) in [7, 11) is 0. The second-order valence-corrected chi connectivity index (χ2v) is 5.04. The van der Waals surface area contributed by atoms with Crippen LogP contribution in [0, 0.1) is 5.82 Å². The Balaban J connectivity index is 1.71. The lowest BCUT2D eigenvalue weighted by Crippen LogP contribution is -2.11. The number of hydrogen-bond donors (Lipinski definition) is 0. The number of rotatable bonds is 4. The van der Waals surface area contributed by atoms with Crippen LogP contribution in [0.5, 0.6) is 5.75 Å². The maximum atomic E-state index is 13.1. The van der Waals surface area contributed by atoms with E-state index in [1.54, 1.807) is 12.3 Å². The van der Waals surface area contributed by atoms with Crippen molar-refractivity contribution in [3.8, 4) is 5.75 Å². The van der Waals surface area contributed by atoms with Gasteiger partial charge in [-0.2, -0.15) is 4.98 Å². The Kier molecular flexibility index (Phi) is 3.59. The SMILES string of the molecule is Fc1ccc(C(Oc2ccc3ncccc3c2)c2ncno2)nc1. The number of benzene rings is 1. The van der Waals surface area contributed by atoms with Gasteiger partial charge in [-0.25, -0.2) is 4.39 Å². The molecule has 3 heterocycles. The number of nitrogens with zero attached hydrogens (tertiary/aromatic N) is 4. The van der Waals surface area contributed by atoms with Crippen molar-refractivity contribution in [3.05, 3.63) is 78.6 Å². The van der Waals surface area contributed by atoms with E-state index < -0.39 is 11.9 Å². The molecule has 118 valence electrons. The molecule has 0 aliphatic rings.